The Labute approximate surface area is 207 Å². The van der Waals surface area contributed by atoms with Crippen LogP contribution in [-0.4, -0.2) is 36.4 Å². The summed E-state index contributed by atoms with van der Waals surface area (Å²) in [5.74, 6) is 2.23. The molecule has 0 saturated heterocycles. The van der Waals surface area contributed by atoms with E-state index < -0.39 is 0 Å². The highest BCUT2D eigenvalue weighted by molar-refractivity contribution is 5.56. The van der Waals surface area contributed by atoms with E-state index in [9.17, 15) is 0 Å². The Morgan fingerprint density at radius 1 is 0.647 bits per heavy atom. The first-order valence-corrected chi connectivity index (χ1v) is 13.2. The monoisotopic (exact) mass is 468 g/mol. The predicted octanol–water partition coefficient (Wildman–Crippen LogP) is 7.80. The second-order valence-corrected chi connectivity index (χ2v) is 8.63. The number of benzene rings is 1. The summed E-state index contributed by atoms with van der Waals surface area (Å²) in [5.41, 5.74) is 0.960. The van der Waals surface area contributed by atoms with Crippen molar-refractivity contribution in [3.8, 4) is 22.9 Å². The maximum Gasteiger partial charge on any atom is 0.159 e. The molecule has 0 aliphatic rings. The molecule has 2 rings (SSSR count). The van der Waals surface area contributed by atoms with Gasteiger partial charge in [0.15, 0.2) is 11.6 Å². The zero-order chi connectivity index (χ0) is 24.1. The minimum atomic E-state index is 0.551. The van der Waals surface area contributed by atoms with Crippen LogP contribution >= 0.6 is 0 Å². The number of aromatic nitrogens is 2. The van der Waals surface area contributed by atoms with Crippen molar-refractivity contribution in [3.63, 3.8) is 0 Å². The van der Waals surface area contributed by atoms with Crippen molar-refractivity contribution in [2.75, 3.05) is 26.4 Å². The lowest BCUT2D eigenvalue weighted by Gasteiger charge is -2.08. The van der Waals surface area contributed by atoms with E-state index in [1.54, 1.807) is 12.4 Å². The van der Waals surface area contributed by atoms with Crippen molar-refractivity contribution in [1.82, 2.24) is 9.97 Å². The van der Waals surface area contributed by atoms with E-state index in [1.165, 1.54) is 44.9 Å². The molecule has 0 atom stereocenters. The van der Waals surface area contributed by atoms with Crippen molar-refractivity contribution in [2.45, 2.75) is 84.5 Å². The van der Waals surface area contributed by atoms with E-state index in [2.05, 4.69) is 36.0 Å². The van der Waals surface area contributed by atoms with E-state index >= 15 is 0 Å². The summed E-state index contributed by atoms with van der Waals surface area (Å²) in [4.78, 5) is 8.89. The van der Waals surface area contributed by atoms with Crippen LogP contribution in [0.3, 0.4) is 0 Å². The Balaban J connectivity index is 1.60. The molecule has 5 nitrogen and oxygen atoms in total. The average molecular weight is 469 g/mol. The Morgan fingerprint density at radius 3 is 2.09 bits per heavy atom. The lowest BCUT2D eigenvalue weighted by molar-refractivity contribution is 0.123. The maximum atomic E-state index is 5.82. The normalized spacial score (nSPS) is 11.2. The van der Waals surface area contributed by atoms with E-state index in [4.69, 9.17) is 14.2 Å². The average Bonchev–Trinajstić information content (AvgIpc) is 2.87. The summed E-state index contributed by atoms with van der Waals surface area (Å²) < 4.78 is 17.1. The molecule has 0 amide bonds. The van der Waals surface area contributed by atoms with Gasteiger partial charge < -0.3 is 14.2 Å². The number of ether oxygens (including phenoxy) is 3. The van der Waals surface area contributed by atoms with Gasteiger partial charge in [0.2, 0.25) is 0 Å². The van der Waals surface area contributed by atoms with Crippen LogP contribution in [0.25, 0.3) is 11.4 Å². The molecule has 188 valence electrons. The van der Waals surface area contributed by atoms with Gasteiger partial charge >= 0.3 is 0 Å². The van der Waals surface area contributed by atoms with Gasteiger partial charge in [0.1, 0.15) is 12.4 Å². The first-order valence-electron chi connectivity index (χ1n) is 13.2. The molecular weight excluding hydrogens is 424 g/mol. The van der Waals surface area contributed by atoms with Gasteiger partial charge in [0, 0.05) is 18.8 Å². The van der Waals surface area contributed by atoms with Crippen molar-refractivity contribution in [3.05, 3.63) is 48.8 Å². The molecule has 2 aromatic rings. The SMILES string of the molecule is CCCCCCCC/C=C/COc1cnc(-c2ccc(OCCCCOCCCC)cc2)nc1. The molecule has 0 aliphatic heterocycles. The van der Waals surface area contributed by atoms with Crippen LogP contribution in [0.4, 0.5) is 0 Å². The number of hydrogen-bond acceptors (Lipinski definition) is 5. The fraction of sp³-hybridized carbons (Fsp3) is 0.586. The Bertz CT molecular complexity index is 760. The largest absolute Gasteiger partial charge is 0.494 e. The van der Waals surface area contributed by atoms with Crippen LogP contribution in [0.15, 0.2) is 48.8 Å². The van der Waals surface area contributed by atoms with Gasteiger partial charge in [-0.3, -0.25) is 0 Å². The number of rotatable bonds is 20. The molecule has 34 heavy (non-hydrogen) atoms. The molecule has 1 aromatic heterocycles. The predicted molar refractivity (Wildman–Crippen MR) is 141 cm³/mol. The number of nitrogens with zero attached hydrogens (tertiary/aromatic N) is 2. The standard InChI is InChI=1S/C29H44N2O3/c1-3-5-7-8-9-10-11-12-13-22-34-28-24-30-29(31-25-28)26-16-18-27(19-17-26)33-23-15-14-21-32-20-6-4-2/h12-13,16-19,24-25H,3-11,14-15,20-23H2,1-2H3/b13-12+. The van der Waals surface area contributed by atoms with E-state index in [0.717, 1.165) is 50.2 Å². The fourth-order valence-electron chi connectivity index (χ4n) is 3.46. The number of allylic oxidation sites excluding steroid dienone is 1. The molecule has 0 N–H and O–H groups in total. The highest BCUT2D eigenvalue weighted by Crippen LogP contribution is 2.20. The van der Waals surface area contributed by atoms with Gasteiger partial charge in [-0.05, 0) is 56.4 Å². The summed E-state index contributed by atoms with van der Waals surface area (Å²) in [6.45, 7) is 7.36. The van der Waals surface area contributed by atoms with Gasteiger partial charge in [-0.25, -0.2) is 9.97 Å². The zero-order valence-corrected chi connectivity index (χ0v) is 21.3. The van der Waals surface area contributed by atoms with Gasteiger partial charge in [-0.1, -0.05) is 64.5 Å². The minimum absolute atomic E-state index is 0.551. The van der Waals surface area contributed by atoms with E-state index in [1.807, 2.05) is 24.3 Å². The first-order chi connectivity index (χ1) is 16.8. The molecule has 5 heteroatoms. The third kappa shape index (κ3) is 12.7. The second-order valence-electron chi connectivity index (χ2n) is 8.63. The quantitative estimate of drug-likeness (QED) is 0.146. The highest BCUT2D eigenvalue weighted by atomic mass is 16.5. The number of unbranched alkanes of at least 4 members (excludes halogenated alkanes) is 8. The fourth-order valence-corrected chi connectivity index (χ4v) is 3.46. The van der Waals surface area contributed by atoms with Crippen molar-refractivity contribution in [1.29, 1.82) is 0 Å². The smallest absolute Gasteiger partial charge is 0.159 e. The highest BCUT2D eigenvalue weighted by Gasteiger charge is 2.03. The minimum Gasteiger partial charge on any atom is -0.494 e. The summed E-state index contributed by atoms with van der Waals surface area (Å²) in [7, 11) is 0. The molecule has 1 aromatic carbocycles. The molecule has 0 spiro atoms. The Hall–Kier alpha value is -2.40. The van der Waals surface area contributed by atoms with Crippen molar-refractivity contribution >= 4 is 0 Å². The van der Waals surface area contributed by atoms with Crippen LogP contribution in [0, 0.1) is 0 Å². The lowest BCUT2D eigenvalue weighted by Crippen LogP contribution is -2.01. The first kappa shape index (κ1) is 27.8. The van der Waals surface area contributed by atoms with Crippen LogP contribution in [-0.2, 0) is 4.74 Å². The summed E-state index contributed by atoms with van der Waals surface area (Å²) in [5, 5.41) is 0. The molecule has 0 aliphatic carbocycles. The molecule has 0 bridgehead atoms. The van der Waals surface area contributed by atoms with Gasteiger partial charge in [-0.2, -0.15) is 0 Å². The molecule has 0 fully saturated rings. The summed E-state index contributed by atoms with van der Waals surface area (Å²) in [6, 6.07) is 7.92. The second kappa shape index (κ2) is 19.0. The number of hydrogen-bond donors (Lipinski definition) is 0. The maximum absolute atomic E-state index is 5.82. The van der Waals surface area contributed by atoms with E-state index in [0.29, 0.717) is 24.8 Å². The van der Waals surface area contributed by atoms with Gasteiger partial charge in [-0.15, -0.1) is 0 Å². The van der Waals surface area contributed by atoms with Crippen LogP contribution in [0.1, 0.15) is 84.5 Å². The Morgan fingerprint density at radius 2 is 1.32 bits per heavy atom. The Kier molecular flexibility index (Phi) is 15.5. The topological polar surface area (TPSA) is 53.5 Å². The third-order valence-electron chi connectivity index (χ3n) is 5.57. The molecular formula is C29H44N2O3. The zero-order valence-electron chi connectivity index (χ0n) is 21.3. The summed E-state index contributed by atoms with van der Waals surface area (Å²) >= 11 is 0. The lowest BCUT2D eigenvalue weighted by atomic mass is 10.1. The van der Waals surface area contributed by atoms with Crippen LogP contribution in [0.2, 0.25) is 0 Å². The molecule has 1 heterocycles. The van der Waals surface area contributed by atoms with Crippen molar-refractivity contribution < 1.29 is 14.2 Å². The molecule has 0 saturated carbocycles. The van der Waals surface area contributed by atoms with Crippen LogP contribution < -0.4 is 9.47 Å². The van der Waals surface area contributed by atoms with Gasteiger partial charge in [0.05, 0.1) is 19.0 Å². The molecule has 0 radical (unpaired) electrons. The summed E-state index contributed by atoms with van der Waals surface area (Å²) in [6.07, 6.45) is 21.2. The molecule has 0 unspecified atom stereocenters. The van der Waals surface area contributed by atoms with Crippen molar-refractivity contribution in [2.24, 2.45) is 0 Å². The third-order valence-corrected chi connectivity index (χ3v) is 5.57. The van der Waals surface area contributed by atoms with Crippen LogP contribution in [0.5, 0.6) is 11.5 Å². The van der Waals surface area contributed by atoms with E-state index in [-0.39, 0.29) is 0 Å². The van der Waals surface area contributed by atoms with Gasteiger partial charge in [0.25, 0.3) is 0 Å².